The van der Waals surface area contributed by atoms with Crippen molar-refractivity contribution in [1.29, 1.82) is 0 Å². The number of ether oxygens (including phenoxy) is 1. The first-order chi connectivity index (χ1) is 8.49. The Hall–Kier alpha value is -1.69. The molecule has 0 unspecified atom stereocenters. The third-order valence-electron chi connectivity index (χ3n) is 2.05. The van der Waals surface area contributed by atoms with Crippen LogP contribution in [0.2, 0.25) is 0 Å². The molecule has 4 nitrogen and oxygen atoms in total. The molecule has 0 aliphatic heterocycles. The van der Waals surface area contributed by atoms with Crippen LogP contribution in [0.1, 0.15) is 12.8 Å². The highest BCUT2D eigenvalue weighted by Gasteiger charge is 2.06. The highest BCUT2D eigenvalue weighted by molar-refractivity contribution is 5.75. The molecule has 0 aliphatic carbocycles. The summed E-state index contributed by atoms with van der Waals surface area (Å²) in [6.07, 6.45) is 0.734. The Kier molecular flexibility index (Phi) is 5.51. The standard InChI is InChI=1S/C12H16F2N2O2/c1-16(2)15-12(17)4-3-7-18-11-6-5-9(13)8-10(11)14/h5-6,8H,3-4,7H2,1-2H3,(H,15,17). The van der Waals surface area contributed by atoms with Crippen molar-refractivity contribution in [3.63, 3.8) is 0 Å². The number of hydrazine groups is 1. The van der Waals surface area contributed by atoms with Crippen molar-refractivity contribution in [2.24, 2.45) is 0 Å². The molecule has 1 amide bonds. The van der Waals surface area contributed by atoms with Gasteiger partial charge in [0, 0.05) is 26.6 Å². The largest absolute Gasteiger partial charge is 0.491 e. The summed E-state index contributed by atoms with van der Waals surface area (Å²) in [5, 5.41) is 1.54. The molecule has 0 spiro atoms. The summed E-state index contributed by atoms with van der Waals surface area (Å²) < 4.78 is 30.9. The van der Waals surface area contributed by atoms with Crippen LogP contribution in [0.3, 0.4) is 0 Å². The van der Waals surface area contributed by atoms with Gasteiger partial charge in [0.2, 0.25) is 5.91 Å². The summed E-state index contributed by atoms with van der Waals surface area (Å²) in [6.45, 7) is 0.198. The molecule has 0 atom stereocenters. The lowest BCUT2D eigenvalue weighted by atomic mass is 10.3. The quantitative estimate of drug-likeness (QED) is 0.624. The van der Waals surface area contributed by atoms with Crippen LogP contribution >= 0.6 is 0 Å². The van der Waals surface area contributed by atoms with Crippen molar-refractivity contribution in [1.82, 2.24) is 10.4 Å². The van der Waals surface area contributed by atoms with Crippen LogP contribution in [0.5, 0.6) is 5.75 Å². The van der Waals surface area contributed by atoms with Gasteiger partial charge in [-0.3, -0.25) is 10.2 Å². The van der Waals surface area contributed by atoms with Gasteiger partial charge in [0.1, 0.15) is 5.82 Å². The second kappa shape index (κ2) is 6.90. The molecule has 0 fully saturated rings. The summed E-state index contributed by atoms with van der Waals surface area (Å²) in [6, 6.07) is 3.11. The van der Waals surface area contributed by atoms with E-state index in [0.717, 1.165) is 12.1 Å². The van der Waals surface area contributed by atoms with E-state index < -0.39 is 11.6 Å². The zero-order valence-electron chi connectivity index (χ0n) is 10.4. The molecule has 0 radical (unpaired) electrons. The maximum atomic E-state index is 13.2. The second-order valence-electron chi connectivity index (χ2n) is 3.96. The first kappa shape index (κ1) is 14.4. The number of halogens is 2. The van der Waals surface area contributed by atoms with Crippen LogP contribution in [0.15, 0.2) is 18.2 Å². The molecule has 1 rings (SSSR count). The van der Waals surface area contributed by atoms with Crippen LogP contribution in [0.25, 0.3) is 0 Å². The van der Waals surface area contributed by atoms with E-state index >= 15 is 0 Å². The summed E-state index contributed by atoms with van der Waals surface area (Å²) >= 11 is 0. The molecule has 0 aliphatic rings. The number of amides is 1. The number of hydrogen-bond acceptors (Lipinski definition) is 3. The lowest BCUT2D eigenvalue weighted by Gasteiger charge is -2.11. The van der Waals surface area contributed by atoms with Gasteiger partial charge in [-0.05, 0) is 18.6 Å². The van der Waals surface area contributed by atoms with E-state index in [1.807, 2.05) is 0 Å². The first-order valence-electron chi connectivity index (χ1n) is 5.53. The zero-order chi connectivity index (χ0) is 13.5. The molecule has 0 heterocycles. The Labute approximate surface area is 105 Å². The molecule has 6 heteroatoms. The monoisotopic (exact) mass is 258 g/mol. The molecule has 0 saturated carbocycles. The maximum Gasteiger partial charge on any atom is 0.234 e. The van der Waals surface area contributed by atoms with Gasteiger partial charge < -0.3 is 4.74 Å². The van der Waals surface area contributed by atoms with Gasteiger partial charge in [0.05, 0.1) is 6.61 Å². The van der Waals surface area contributed by atoms with E-state index in [9.17, 15) is 13.6 Å². The molecule has 1 N–H and O–H groups in total. The number of rotatable bonds is 6. The molecule has 0 saturated heterocycles. The molecule has 0 aromatic heterocycles. The third kappa shape index (κ3) is 5.09. The fourth-order valence-electron chi connectivity index (χ4n) is 1.31. The number of benzene rings is 1. The SMILES string of the molecule is CN(C)NC(=O)CCCOc1ccc(F)cc1F. The molecule has 0 bridgehead atoms. The van der Waals surface area contributed by atoms with Crippen molar-refractivity contribution >= 4 is 5.91 Å². The summed E-state index contributed by atoms with van der Waals surface area (Å²) in [7, 11) is 3.42. The average molecular weight is 258 g/mol. The van der Waals surface area contributed by atoms with Crippen molar-refractivity contribution in [3.05, 3.63) is 29.8 Å². The van der Waals surface area contributed by atoms with Gasteiger partial charge >= 0.3 is 0 Å². The molecule has 1 aromatic rings. The fraction of sp³-hybridized carbons (Fsp3) is 0.417. The van der Waals surface area contributed by atoms with Crippen molar-refractivity contribution in [3.8, 4) is 5.75 Å². The van der Waals surface area contributed by atoms with E-state index in [1.54, 1.807) is 19.1 Å². The second-order valence-corrected chi connectivity index (χ2v) is 3.96. The molecular weight excluding hydrogens is 242 g/mol. The van der Waals surface area contributed by atoms with Gasteiger partial charge in [0.25, 0.3) is 0 Å². The molecule has 18 heavy (non-hydrogen) atoms. The Balaban J connectivity index is 2.27. The van der Waals surface area contributed by atoms with E-state index in [4.69, 9.17) is 4.74 Å². The van der Waals surface area contributed by atoms with E-state index in [2.05, 4.69) is 5.43 Å². The van der Waals surface area contributed by atoms with Crippen LogP contribution in [-0.4, -0.2) is 31.6 Å². The Morgan fingerprint density at radius 1 is 1.39 bits per heavy atom. The number of carbonyl (C=O) groups is 1. The number of nitrogens with one attached hydrogen (secondary N) is 1. The third-order valence-corrected chi connectivity index (χ3v) is 2.05. The van der Waals surface area contributed by atoms with Crippen LogP contribution in [0.4, 0.5) is 8.78 Å². The van der Waals surface area contributed by atoms with Gasteiger partial charge in [-0.2, -0.15) is 0 Å². The minimum atomic E-state index is -0.743. The van der Waals surface area contributed by atoms with Crippen LogP contribution in [0, 0.1) is 11.6 Å². The van der Waals surface area contributed by atoms with Crippen molar-refractivity contribution in [2.45, 2.75) is 12.8 Å². The fourth-order valence-corrected chi connectivity index (χ4v) is 1.31. The lowest BCUT2D eigenvalue weighted by molar-refractivity contribution is -0.125. The smallest absolute Gasteiger partial charge is 0.234 e. The number of nitrogens with zero attached hydrogens (tertiary/aromatic N) is 1. The number of carbonyl (C=O) groups excluding carboxylic acids is 1. The average Bonchev–Trinajstić information content (AvgIpc) is 2.25. The maximum absolute atomic E-state index is 13.2. The highest BCUT2D eigenvalue weighted by atomic mass is 19.1. The lowest BCUT2D eigenvalue weighted by Crippen LogP contribution is -2.36. The highest BCUT2D eigenvalue weighted by Crippen LogP contribution is 2.17. The summed E-state index contributed by atoms with van der Waals surface area (Å²) in [4.78, 5) is 11.2. The van der Waals surface area contributed by atoms with Crippen molar-refractivity contribution in [2.75, 3.05) is 20.7 Å². The van der Waals surface area contributed by atoms with E-state index in [-0.39, 0.29) is 24.7 Å². The molecule has 100 valence electrons. The first-order valence-corrected chi connectivity index (χ1v) is 5.53. The van der Waals surface area contributed by atoms with Gasteiger partial charge in [-0.25, -0.2) is 13.8 Å². The van der Waals surface area contributed by atoms with Gasteiger partial charge in [-0.1, -0.05) is 0 Å². The Morgan fingerprint density at radius 2 is 2.11 bits per heavy atom. The normalized spacial score (nSPS) is 10.5. The van der Waals surface area contributed by atoms with Crippen molar-refractivity contribution < 1.29 is 18.3 Å². The summed E-state index contributed by atoms with van der Waals surface area (Å²) in [5.74, 6) is -1.54. The van der Waals surface area contributed by atoms with Crippen LogP contribution in [-0.2, 0) is 4.79 Å². The summed E-state index contributed by atoms with van der Waals surface area (Å²) in [5.41, 5.74) is 2.58. The minimum Gasteiger partial charge on any atom is -0.491 e. The Morgan fingerprint density at radius 3 is 2.72 bits per heavy atom. The number of hydrogen-bond donors (Lipinski definition) is 1. The zero-order valence-corrected chi connectivity index (χ0v) is 10.4. The van der Waals surface area contributed by atoms with E-state index in [1.165, 1.54) is 6.07 Å². The topological polar surface area (TPSA) is 41.6 Å². The predicted molar refractivity (Wildman–Crippen MR) is 62.9 cm³/mol. The molecule has 1 aromatic carbocycles. The Bertz CT molecular complexity index is 411. The van der Waals surface area contributed by atoms with Crippen LogP contribution < -0.4 is 10.2 Å². The predicted octanol–water partition coefficient (Wildman–Crippen LogP) is 1.72. The minimum absolute atomic E-state index is 0.00980. The molecular formula is C12H16F2N2O2. The van der Waals surface area contributed by atoms with E-state index in [0.29, 0.717) is 6.42 Å². The van der Waals surface area contributed by atoms with Gasteiger partial charge in [0.15, 0.2) is 11.6 Å². The van der Waals surface area contributed by atoms with Gasteiger partial charge in [-0.15, -0.1) is 0 Å².